The van der Waals surface area contributed by atoms with Crippen LogP contribution in [0.15, 0.2) is 78.4 Å². The predicted octanol–water partition coefficient (Wildman–Crippen LogP) is 2.06. The zero-order valence-corrected chi connectivity index (χ0v) is 11.7. The van der Waals surface area contributed by atoms with E-state index in [0.29, 0.717) is 11.4 Å². The van der Waals surface area contributed by atoms with Gasteiger partial charge in [-0.05, 0) is 36.4 Å². The van der Waals surface area contributed by atoms with Crippen LogP contribution in [-0.4, -0.2) is 8.42 Å². The van der Waals surface area contributed by atoms with Crippen molar-refractivity contribution < 1.29 is 8.42 Å². The van der Waals surface area contributed by atoms with Crippen molar-refractivity contribution in [3.8, 4) is 0 Å². The first-order valence-corrected chi connectivity index (χ1v) is 7.23. The zero-order chi connectivity index (χ0) is 15.0. The van der Waals surface area contributed by atoms with Crippen molar-refractivity contribution in [1.82, 2.24) is 4.72 Å². The first-order chi connectivity index (χ1) is 9.53. The largest absolute Gasteiger partial charge is 0.324 e. The quantitative estimate of drug-likeness (QED) is 0.408. The first kappa shape index (κ1) is 15.7. The molecule has 0 fully saturated rings. The Morgan fingerprint density at radius 1 is 1.15 bits per heavy atom. The van der Waals surface area contributed by atoms with E-state index >= 15 is 0 Å². The second-order valence-corrected chi connectivity index (χ2v) is 5.41. The van der Waals surface area contributed by atoms with Gasteiger partial charge in [0.25, 0.3) is 10.0 Å². The molecular weight excluding hydrogens is 274 g/mol. The van der Waals surface area contributed by atoms with Crippen LogP contribution in [-0.2, 0) is 10.0 Å². The van der Waals surface area contributed by atoms with Crippen molar-refractivity contribution in [3.63, 3.8) is 0 Å². The highest BCUT2D eigenvalue weighted by atomic mass is 32.2. The molecule has 0 saturated carbocycles. The van der Waals surface area contributed by atoms with Crippen LogP contribution in [0.5, 0.6) is 0 Å². The van der Waals surface area contributed by atoms with Gasteiger partial charge < -0.3 is 5.43 Å². The number of nitrogens with one attached hydrogen (secondary N) is 2. The van der Waals surface area contributed by atoms with E-state index < -0.39 is 10.0 Å². The molecule has 1 aromatic carbocycles. The number of benzene rings is 1. The van der Waals surface area contributed by atoms with E-state index in [2.05, 4.69) is 23.3 Å². The SMILES string of the molecule is C=C/C=C\C(=C/C=C)NS(=O)(=O)c1ccc(NN)cc1. The molecule has 106 valence electrons. The highest BCUT2D eigenvalue weighted by molar-refractivity contribution is 7.89. The summed E-state index contributed by atoms with van der Waals surface area (Å²) in [5, 5.41) is 0. The van der Waals surface area contributed by atoms with Gasteiger partial charge in [-0.1, -0.05) is 31.4 Å². The standard InChI is InChI=1S/C14H17N3O2S/c1-3-5-7-13(6-4-2)17-20(18,19)14-10-8-12(16-15)9-11-14/h3-11,16-17H,1-2,15H2/b7-5-,13-6+. The molecule has 0 aromatic heterocycles. The minimum absolute atomic E-state index is 0.137. The summed E-state index contributed by atoms with van der Waals surface area (Å²) in [5.41, 5.74) is 3.44. The molecule has 0 aliphatic rings. The second kappa shape index (κ2) is 7.32. The third-order valence-electron chi connectivity index (χ3n) is 2.29. The molecule has 0 aliphatic heterocycles. The molecule has 4 N–H and O–H groups in total. The lowest BCUT2D eigenvalue weighted by molar-refractivity contribution is 0.589. The van der Waals surface area contributed by atoms with E-state index in [1.165, 1.54) is 18.2 Å². The van der Waals surface area contributed by atoms with E-state index in [1.807, 2.05) is 0 Å². The summed E-state index contributed by atoms with van der Waals surface area (Å²) in [4.78, 5) is 0.137. The zero-order valence-electron chi connectivity index (χ0n) is 10.9. The number of nitrogens with two attached hydrogens (primary N) is 1. The molecule has 0 aliphatic carbocycles. The molecule has 0 amide bonds. The molecule has 0 radical (unpaired) electrons. The Hall–Kier alpha value is -2.31. The second-order valence-electron chi connectivity index (χ2n) is 3.73. The summed E-state index contributed by atoms with van der Waals surface area (Å²) < 4.78 is 26.8. The van der Waals surface area contributed by atoms with Gasteiger partial charge in [-0.25, -0.2) is 8.42 Å². The number of hydrogen-bond donors (Lipinski definition) is 3. The number of rotatable bonds is 7. The molecule has 5 nitrogen and oxygen atoms in total. The van der Waals surface area contributed by atoms with Gasteiger partial charge >= 0.3 is 0 Å². The van der Waals surface area contributed by atoms with E-state index in [-0.39, 0.29) is 4.90 Å². The highest BCUT2D eigenvalue weighted by Crippen LogP contribution is 2.14. The van der Waals surface area contributed by atoms with Gasteiger partial charge in [-0.2, -0.15) is 0 Å². The van der Waals surface area contributed by atoms with Crippen LogP contribution in [0.3, 0.4) is 0 Å². The number of hydrogen-bond acceptors (Lipinski definition) is 4. The van der Waals surface area contributed by atoms with Gasteiger partial charge in [0, 0.05) is 11.4 Å². The predicted molar refractivity (Wildman–Crippen MR) is 82.2 cm³/mol. The van der Waals surface area contributed by atoms with E-state index in [1.54, 1.807) is 36.4 Å². The fraction of sp³-hybridized carbons (Fsp3) is 0. The van der Waals surface area contributed by atoms with E-state index in [4.69, 9.17) is 5.84 Å². The minimum Gasteiger partial charge on any atom is -0.324 e. The van der Waals surface area contributed by atoms with Crippen LogP contribution >= 0.6 is 0 Å². The number of hydrazine groups is 1. The Bertz CT molecular complexity index is 629. The molecular formula is C14H17N3O2S. The normalized spacial score (nSPS) is 12.2. The Morgan fingerprint density at radius 2 is 1.80 bits per heavy atom. The molecule has 20 heavy (non-hydrogen) atoms. The third-order valence-corrected chi connectivity index (χ3v) is 3.69. The van der Waals surface area contributed by atoms with Crippen LogP contribution in [0, 0.1) is 0 Å². The summed E-state index contributed by atoms with van der Waals surface area (Å²) in [6.07, 6.45) is 7.80. The van der Waals surface area contributed by atoms with Crippen molar-refractivity contribution in [1.29, 1.82) is 0 Å². The average molecular weight is 291 g/mol. The summed E-state index contributed by atoms with van der Waals surface area (Å²) in [5.74, 6) is 5.23. The van der Waals surface area contributed by atoms with Crippen LogP contribution < -0.4 is 16.0 Å². The molecule has 0 heterocycles. The Labute approximate surface area is 119 Å². The maximum absolute atomic E-state index is 12.2. The van der Waals surface area contributed by atoms with Crippen molar-refractivity contribution in [2.45, 2.75) is 4.90 Å². The van der Waals surface area contributed by atoms with E-state index in [9.17, 15) is 8.42 Å². The lowest BCUT2D eigenvalue weighted by atomic mass is 10.3. The maximum Gasteiger partial charge on any atom is 0.261 e. The molecule has 0 spiro atoms. The Morgan fingerprint density at radius 3 is 2.30 bits per heavy atom. The van der Waals surface area contributed by atoms with E-state index in [0.717, 1.165) is 0 Å². The summed E-state index contributed by atoms with van der Waals surface area (Å²) >= 11 is 0. The number of nitrogen functional groups attached to an aromatic ring is 1. The number of anilines is 1. The van der Waals surface area contributed by atoms with Crippen LogP contribution in [0.4, 0.5) is 5.69 Å². The number of sulfonamides is 1. The highest BCUT2D eigenvalue weighted by Gasteiger charge is 2.13. The van der Waals surface area contributed by atoms with Crippen molar-refractivity contribution >= 4 is 15.7 Å². The Balaban J connectivity index is 3.02. The Kier molecular flexibility index (Phi) is 5.76. The molecule has 6 heteroatoms. The summed E-state index contributed by atoms with van der Waals surface area (Å²) in [7, 11) is -3.66. The summed E-state index contributed by atoms with van der Waals surface area (Å²) in [6, 6.07) is 6.07. The minimum atomic E-state index is -3.66. The van der Waals surface area contributed by atoms with Gasteiger partial charge in [0.15, 0.2) is 0 Å². The van der Waals surface area contributed by atoms with Crippen molar-refractivity contribution in [2.75, 3.05) is 5.43 Å². The monoisotopic (exact) mass is 291 g/mol. The lowest BCUT2D eigenvalue weighted by Gasteiger charge is -2.09. The summed E-state index contributed by atoms with van der Waals surface area (Å²) in [6.45, 7) is 7.07. The van der Waals surface area contributed by atoms with Crippen molar-refractivity contribution in [3.05, 3.63) is 73.5 Å². The molecule has 0 bridgehead atoms. The van der Waals surface area contributed by atoms with Crippen LogP contribution in [0.1, 0.15) is 0 Å². The molecule has 0 atom stereocenters. The first-order valence-electron chi connectivity index (χ1n) is 5.75. The molecule has 0 saturated heterocycles. The lowest BCUT2D eigenvalue weighted by Crippen LogP contribution is -2.22. The molecule has 0 unspecified atom stereocenters. The van der Waals surface area contributed by atoms with Gasteiger partial charge in [0.1, 0.15) is 0 Å². The van der Waals surface area contributed by atoms with Crippen LogP contribution in [0.2, 0.25) is 0 Å². The third kappa shape index (κ3) is 4.42. The maximum atomic E-state index is 12.2. The molecule has 1 aromatic rings. The van der Waals surface area contributed by atoms with Crippen molar-refractivity contribution in [2.24, 2.45) is 5.84 Å². The van der Waals surface area contributed by atoms with Gasteiger partial charge in [-0.15, -0.1) is 0 Å². The topological polar surface area (TPSA) is 84.2 Å². The fourth-order valence-corrected chi connectivity index (χ4v) is 2.43. The van der Waals surface area contributed by atoms with Crippen LogP contribution in [0.25, 0.3) is 0 Å². The van der Waals surface area contributed by atoms with Gasteiger partial charge in [0.2, 0.25) is 0 Å². The fourth-order valence-electron chi connectivity index (χ4n) is 1.37. The van der Waals surface area contributed by atoms with Gasteiger partial charge in [-0.3, -0.25) is 10.6 Å². The average Bonchev–Trinajstić information content (AvgIpc) is 2.45. The smallest absolute Gasteiger partial charge is 0.261 e. The number of allylic oxidation sites excluding steroid dienone is 5. The van der Waals surface area contributed by atoms with Gasteiger partial charge in [0.05, 0.1) is 4.90 Å². The molecule has 1 rings (SSSR count).